The lowest BCUT2D eigenvalue weighted by Gasteiger charge is -2.09. The summed E-state index contributed by atoms with van der Waals surface area (Å²) in [5, 5.41) is 3.81. The van der Waals surface area contributed by atoms with Crippen LogP contribution in [0, 0.1) is 18.7 Å². The van der Waals surface area contributed by atoms with E-state index in [1.807, 2.05) is 13.8 Å². The van der Waals surface area contributed by atoms with Crippen LogP contribution in [-0.4, -0.2) is 10.1 Å². The largest absolute Gasteiger partial charge is 0.334 e. The summed E-state index contributed by atoms with van der Waals surface area (Å²) in [5.41, 5.74) is 6.77. The Morgan fingerprint density at radius 1 is 1.33 bits per heavy atom. The van der Waals surface area contributed by atoms with Crippen molar-refractivity contribution in [2.24, 2.45) is 11.7 Å². The molecule has 0 aliphatic carbocycles. The summed E-state index contributed by atoms with van der Waals surface area (Å²) in [6.07, 6.45) is 0. The molecule has 0 spiro atoms. The molecule has 0 bridgehead atoms. The minimum absolute atomic E-state index is 0.169. The molecule has 0 fully saturated rings. The molecule has 2 aromatic rings. The van der Waals surface area contributed by atoms with Crippen LogP contribution in [0.2, 0.25) is 0 Å². The maximum absolute atomic E-state index is 13.9. The molecule has 1 atom stereocenters. The highest BCUT2D eigenvalue weighted by Gasteiger charge is 2.20. The van der Waals surface area contributed by atoms with E-state index in [9.17, 15) is 4.39 Å². The summed E-state index contributed by atoms with van der Waals surface area (Å²) in [7, 11) is 0. The molecule has 0 aliphatic heterocycles. The SMILES string of the molecule is Cc1cccc(-c2nc(C(N)C(C)C)no2)c1F. The molecule has 0 amide bonds. The predicted molar refractivity (Wildman–Crippen MR) is 66.2 cm³/mol. The number of halogens is 1. The molecule has 1 aromatic carbocycles. The third-order valence-electron chi connectivity index (χ3n) is 2.88. The first-order valence-corrected chi connectivity index (χ1v) is 5.85. The molecule has 0 aliphatic rings. The van der Waals surface area contributed by atoms with Crippen LogP contribution in [-0.2, 0) is 0 Å². The number of nitrogens with two attached hydrogens (primary N) is 1. The van der Waals surface area contributed by atoms with Gasteiger partial charge in [0.1, 0.15) is 5.82 Å². The monoisotopic (exact) mass is 249 g/mol. The molecule has 0 saturated carbocycles. The van der Waals surface area contributed by atoms with Gasteiger partial charge in [0, 0.05) is 0 Å². The second kappa shape index (κ2) is 4.86. The Balaban J connectivity index is 2.38. The zero-order valence-electron chi connectivity index (χ0n) is 10.6. The van der Waals surface area contributed by atoms with E-state index in [0.29, 0.717) is 17.0 Å². The second-order valence-electron chi connectivity index (χ2n) is 4.66. The maximum Gasteiger partial charge on any atom is 0.260 e. The first kappa shape index (κ1) is 12.7. The molecule has 2 rings (SSSR count). The first-order chi connectivity index (χ1) is 8.50. The van der Waals surface area contributed by atoms with Crippen LogP contribution in [0.25, 0.3) is 11.5 Å². The second-order valence-corrected chi connectivity index (χ2v) is 4.66. The average molecular weight is 249 g/mol. The third-order valence-corrected chi connectivity index (χ3v) is 2.88. The number of aryl methyl sites for hydroxylation is 1. The average Bonchev–Trinajstić information content (AvgIpc) is 2.80. The summed E-state index contributed by atoms with van der Waals surface area (Å²) in [6, 6.07) is 4.74. The molecule has 18 heavy (non-hydrogen) atoms. The van der Waals surface area contributed by atoms with Gasteiger partial charge in [0.15, 0.2) is 5.82 Å². The number of aromatic nitrogens is 2. The minimum Gasteiger partial charge on any atom is -0.334 e. The van der Waals surface area contributed by atoms with Gasteiger partial charge in [-0.15, -0.1) is 0 Å². The molecule has 1 aromatic heterocycles. The third kappa shape index (κ3) is 2.26. The highest BCUT2D eigenvalue weighted by molar-refractivity contribution is 5.55. The van der Waals surface area contributed by atoms with E-state index in [1.165, 1.54) is 0 Å². The summed E-state index contributed by atoms with van der Waals surface area (Å²) >= 11 is 0. The summed E-state index contributed by atoms with van der Waals surface area (Å²) < 4.78 is 19.0. The fourth-order valence-corrected chi connectivity index (χ4v) is 1.59. The number of rotatable bonds is 3. The van der Waals surface area contributed by atoms with E-state index in [2.05, 4.69) is 10.1 Å². The van der Waals surface area contributed by atoms with Gasteiger partial charge < -0.3 is 10.3 Å². The Morgan fingerprint density at radius 3 is 2.72 bits per heavy atom. The van der Waals surface area contributed by atoms with Gasteiger partial charge in [-0.25, -0.2) is 4.39 Å². The molecule has 2 N–H and O–H groups in total. The van der Waals surface area contributed by atoms with Crippen molar-refractivity contribution in [2.45, 2.75) is 26.8 Å². The van der Waals surface area contributed by atoms with Crippen molar-refractivity contribution < 1.29 is 8.91 Å². The van der Waals surface area contributed by atoms with E-state index in [1.54, 1.807) is 25.1 Å². The van der Waals surface area contributed by atoms with Crippen molar-refractivity contribution in [2.75, 3.05) is 0 Å². The molecule has 0 radical (unpaired) electrons. The van der Waals surface area contributed by atoms with Crippen LogP contribution in [0.5, 0.6) is 0 Å². The first-order valence-electron chi connectivity index (χ1n) is 5.85. The molecule has 0 saturated heterocycles. The van der Waals surface area contributed by atoms with E-state index < -0.39 is 0 Å². The Bertz CT molecular complexity index is 551. The van der Waals surface area contributed by atoms with Crippen LogP contribution in [0.4, 0.5) is 4.39 Å². The normalized spacial score (nSPS) is 13.0. The van der Waals surface area contributed by atoms with E-state index in [0.717, 1.165) is 0 Å². The van der Waals surface area contributed by atoms with Crippen molar-refractivity contribution in [3.63, 3.8) is 0 Å². The Kier molecular flexibility index (Phi) is 3.43. The molecule has 4 nitrogen and oxygen atoms in total. The van der Waals surface area contributed by atoms with Crippen molar-refractivity contribution in [1.29, 1.82) is 0 Å². The zero-order valence-corrected chi connectivity index (χ0v) is 10.6. The summed E-state index contributed by atoms with van der Waals surface area (Å²) in [6.45, 7) is 5.62. The van der Waals surface area contributed by atoms with Crippen molar-refractivity contribution in [1.82, 2.24) is 10.1 Å². The topological polar surface area (TPSA) is 64.9 Å². The maximum atomic E-state index is 13.9. The smallest absolute Gasteiger partial charge is 0.260 e. The number of hydrogen-bond donors (Lipinski definition) is 1. The molecule has 5 heteroatoms. The quantitative estimate of drug-likeness (QED) is 0.908. The number of nitrogens with zero attached hydrogens (tertiary/aromatic N) is 2. The minimum atomic E-state index is -0.342. The number of hydrogen-bond acceptors (Lipinski definition) is 4. The lowest BCUT2D eigenvalue weighted by molar-refractivity contribution is 0.398. The standard InChI is InChI=1S/C13H16FN3O/c1-7(2)11(15)12-16-13(18-17-12)9-6-4-5-8(3)10(9)14/h4-7,11H,15H2,1-3H3. The summed E-state index contributed by atoms with van der Waals surface area (Å²) in [4.78, 5) is 4.16. The van der Waals surface area contributed by atoms with Gasteiger partial charge in [0.05, 0.1) is 11.6 Å². The van der Waals surface area contributed by atoms with Crippen molar-refractivity contribution in [3.05, 3.63) is 35.4 Å². The Labute approximate surface area is 105 Å². The van der Waals surface area contributed by atoms with Crippen molar-refractivity contribution >= 4 is 0 Å². The molecular weight excluding hydrogens is 233 g/mol. The van der Waals surface area contributed by atoms with E-state index in [-0.39, 0.29) is 23.7 Å². The fraction of sp³-hybridized carbons (Fsp3) is 0.385. The molecular formula is C13H16FN3O. The lowest BCUT2D eigenvalue weighted by Crippen LogP contribution is -2.18. The van der Waals surface area contributed by atoms with Crippen LogP contribution in [0.3, 0.4) is 0 Å². The van der Waals surface area contributed by atoms with Gasteiger partial charge in [0.25, 0.3) is 5.89 Å². The molecule has 1 unspecified atom stereocenters. The van der Waals surface area contributed by atoms with E-state index in [4.69, 9.17) is 10.3 Å². The van der Waals surface area contributed by atoms with Gasteiger partial charge in [-0.2, -0.15) is 4.98 Å². The van der Waals surface area contributed by atoms with Gasteiger partial charge in [-0.1, -0.05) is 31.1 Å². The van der Waals surface area contributed by atoms with Crippen LogP contribution in [0.15, 0.2) is 22.7 Å². The van der Waals surface area contributed by atoms with Gasteiger partial charge in [-0.3, -0.25) is 0 Å². The molecule has 1 heterocycles. The molecule has 96 valence electrons. The van der Waals surface area contributed by atoms with Gasteiger partial charge in [-0.05, 0) is 24.5 Å². The van der Waals surface area contributed by atoms with Crippen molar-refractivity contribution in [3.8, 4) is 11.5 Å². The Hall–Kier alpha value is -1.75. The predicted octanol–water partition coefficient (Wildman–Crippen LogP) is 2.84. The zero-order chi connectivity index (χ0) is 13.3. The highest BCUT2D eigenvalue weighted by Crippen LogP contribution is 2.25. The van der Waals surface area contributed by atoms with E-state index >= 15 is 0 Å². The Morgan fingerprint density at radius 2 is 2.06 bits per heavy atom. The van der Waals surface area contributed by atoms with Crippen LogP contribution < -0.4 is 5.73 Å². The highest BCUT2D eigenvalue weighted by atomic mass is 19.1. The summed E-state index contributed by atoms with van der Waals surface area (Å²) in [5.74, 6) is 0.423. The van der Waals surface area contributed by atoms with Crippen LogP contribution in [0.1, 0.15) is 31.3 Å². The van der Waals surface area contributed by atoms with Crippen LogP contribution >= 0.6 is 0 Å². The lowest BCUT2D eigenvalue weighted by atomic mass is 10.1. The van der Waals surface area contributed by atoms with Gasteiger partial charge in [0.2, 0.25) is 0 Å². The fourth-order valence-electron chi connectivity index (χ4n) is 1.59. The number of benzene rings is 1. The van der Waals surface area contributed by atoms with Gasteiger partial charge >= 0.3 is 0 Å².